The highest BCUT2D eigenvalue weighted by Gasteiger charge is 2.19. The molecule has 0 bridgehead atoms. The molecule has 166 valence electrons. The molecule has 0 radical (unpaired) electrons. The maximum atomic E-state index is 13.4. The number of anilines is 1. The van der Waals surface area contributed by atoms with Crippen LogP contribution in [0.25, 0.3) is 16.9 Å². The Morgan fingerprint density at radius 2 is 1.84 bits per heavy atom. The molecule has 1 aromatic heterocycles. The van der Waals surface area contributed by atoms with Crippen molar-refractivity contribution in [2.24, 2.45) is 0 Å². The highest BCUT2D eigenvalue weighted by atomic mass is 19.1. The van der Waals surface area contributed by atoms with Crippen LogP contribution >= 0.6 is 0 Å². The van der Waals surface area contributed by atoms with Crippen molar-refractivity contribution >= 4 is 23.5 Å². The molecule has 32 heavy (non-hydrogen) atoms. The van der Waals surface area contributed by atoms with Crippen molar-refractivity contribution in [2.75, 3.05) is 11.9 Å². The van der Waals surface area contributed by atoms with E-state index in [1.807, 2.05) is 0 Å². The fourth-order valence-corrected chi connectivity index (χ4v) is 2.97. The second kappa shape index (κ2) is 9.86. The van der Waals surface area contributed by atoms with E-state index < -0.39 is 29.8 Å². The van der Waals surface area contributed by atoms with E-state index in [1.54, 1.807) is 37.3 Å². The highest BCUT2D eigenvalue weighted by Crippen LogP contribution is 2.27. The molecule has 0 aliphatic rings. The van der Waals surface area contributed by atoms with E-state index in [4.69, 9.17) is 9.47 Å². The molecule has 1 amide bonds. The monoisotopic (exact) mass is 439 g/mol. The quantitative estimate of drug-likeness (QED) is 0.563. The predicted octanol–water partition coefficient (Wildman–Crippen LogP) is 3.75. The molecule has 1 heterocycles. The molecule has 9 heteroatoms. The molecule has 3 aromatic rings. The minimum absolute atomic E-state index is 0.0871. The number of ether oxygens (including phenoxy) is 2. The first-order valence-corrected chi connectivity index (χ1v) is 9.90. The third-order valence-corrected chi connectivity index (χ3v) is 4.40. The van der Waals surface area contributed by atoms with Crippen molar-refractivity contribution < 1.29 is 28.2 Å². The molecule has 2 aromatic carbocycles. The van der Waals surface area contributed by atoms with Gasteiger partial charge in [0, 0.05) is 18.2 Å². The molecule has 0 spiro atoms. The van der Waals surface area contributed by atoms with Gasteiger partial charge in [-0.2, -0.15) is 5.10 Å². The molecule has 0 fully saturated rings. The van der Waals surface area contributed by atoms with Crippen molar-refractivity contribution in [3.05, 3.63) is 66.1 Å². The molecule has 1 atom stereocenters. The molecule has 8 nitrogen and oxygen atoms in total. The SMILES string of the molecule is CCOC(=O)c1cc(-c2cccc(NC(=O)[C@H](C)OC(C)=O)c2)n(-c2ccc(F)cc2)n1. The van der Waals surface area contributed by atoms with Crippen molar-refractivity contribution in [3.8, 4) is 16.9 Å². The topological polar surface area (TPSA) is 99.5 Å². The predicted molar refractivity (Wildman–Crippen MR) is 115 cm³/mol. The Bertz CT molecular complexity index is 1140. The van der Waals surface area contributed by atoms with Gasteiger partial charge in [-0.3, -0.25) is 9.59 Å². The Hall–Kier alpha value is -4.01. The Morgan fingerprint density at radius 3 is 2.50 bits per heavy atom. The van der Waals surface area contributed by atoms with Crippen LogP contribution < -0.4 is 5.32 Å². The summed E-state index contributed by atoms with van der Waals surface area (Å²) in [6.45, 7) is 4.58. The zero-order valence-corrected chi connectivity index (χ0v) is 17.8. The summed E-state index contributed by atoms with van der Waals surface area (Å²) in [5, 5.41) is 7.02. The third kappa shape index (κ3) is 5.37. The number of benzene rings is 2. The zero-order chi connectivity index (χ0) is 23.3. The summed E-state index contributed by atoms with van der Waals surface area (Å²) >= 11 is 0. The lowest BCUT2D eigenvalue weighted by Crippen LogP contribution is -2.29. The standard InChI is InChI=1S/C23H22FN3O5/c1-4-31-23(30)20-13-21(27(26-20)19-10-8-17(24)9-11-19)16-6-5-7-18(12-16)25-22(29)14(2)32-15(3)28/h5-14H,4H2,1-3H3,(H,25,29)/t14-/m0/s1. The van der Waals surface area contributed by atoms with Crippen LogP contribution in [0.3, 0.4) is 0 Å². The van der Waals surface area contributed by atoms with Gasteiger partial charge in [0.1, 0.15) is 5.82 Å². The first-order valence-electron chi connectivity index (χ1n) is 9.90. The first kappa shape index (κ1) is 22.7. The molecule has 0 saturated heterocycles. The van der Waals surface area contributed by atoms with Crippen LogP contribution in [0.2, 0.25) is 0 Å². The minimum atomic E-state index is -0.962. The maximum Gasteiger partial charge on any atom is 0.358 e. The largest absolute Gasteiger partial charge is 0.461 e. The summed E-state index contributed by atoms with van der Waals surface area (Å²) in [5.41, 5.74) is 2.24. The lowest BCUT2D eigenvalue weighted by Gasteiger charge is -2.13. The summed E-state index contributed by atoms with van der Waals surface area (Å²) in [7, 11) is 0. The normalized spacial score (nSPS) is 11.5. The van der Waals surface area contributed by atoms with Gasteiger partial charge in [0.2, 0.25) is 0 Å². The average Bonchev–Trinajstić information content (AvgIpc) is 3.20. The summed E-state index contributed by atoms with van der Waals surface area (Å²) < 4.78 is 24.8. The second-order valence-electron chi connectivity index (χ2n) is 6.85. The average molecular weight is 439 g/mol. The van der Waals surface area contributed by atoms with Gasteiger partial charge in [-0.25, -0.2) is 13.9 Å². The maximum absolute atomic E-state index is 13.4. The van der Waals surface area contributed by atoms with Crippen LogP contribution in [0, 0.1) is 5.82 Å². The number of nitrogens with zero attached hydrogens (tertiary/aromatic N) is 2. The van der Waals surface area contributed by atoms with Gasteiger partial charge in [-0.05, 0) is 56.3 Å². The van der Waals surface area contributed by atoms with Crippen molar-refractivity contribution in [1.29, 1.82) is 0 Å². The van der Waals surface area contributed by atoms with E-state index in [0.29, 0.717) is 22.6 Å². The van der Waals surface area contributed by atoms with Crippen LogP contribution in [-0.4, -0.2) is 40.3 Å². The lowest BCUT2D eigenvalue weighted by atomic mass is 10.1. The molecule has 0 unspecified atom stereocenters. The van der Waals surface area contributed by atoms with Crippen LogP contribution in [0.5, 0.6) is 0 Å². The lowest BCUT2D eigenvalue weighted by molar-refractivity contribution is -0.150. The Labute approximate surface area is 183 Å². The van der Waals surface area contributed by atoms with E-state index in [1.165, 1.54) is 42.8 Å². The number of halogens is 1. The van der Waals surface area contributed by atoms with Gasteiger partial charge in [-0.1, -0.05) is 12.1 Å². The van der Waals surface area contributed by atoms with Gasteiger partial charge in [0.25, 0.3) is 5.91 Å². The molecule has 0 aliphatic heterocycles. The summed E-state index contributed by atoms with van der Waals surface area (Å²) in [4.78, 5) is 35.6. The fourth-order valence-electron chi connectivity index (χ4n) is 2.97. The minimum Gasteiger partial charge on any atom is -0.461 e. The summed E-state index contributed by atoms with van der Waals surface area (Å²) in [6.07, 6.45) is -0.962. The van der Waals surface area contributed by atoms with Crippen LogP contribution in [0.1, 0.15) is 31.3 Å². The van der Waals surface area contributed by atoms with Gasteiger partial charge < -0.3 is 14.8 Å². The number of nitrogens with one attached hydrogen (secondary N) is 1. The van der Waals surface area contributed by atoms with E-state index in [2.05, 4.69) is 10.4 Å². The number of esters is 2. The van der Waals surface area contributed by atoms with E-state index in [-0.39, 0.29) is 12.3 Å². The van der Waals surface area contributed by atoms with Crippen LogP contribution in [0.4, 0.5) is 10.1 Å². The van der Waals surface area contributed by atoms with Gasteiger partial charge >= 0.3 is 11.9 Å². The number of hydrogen-bond acceptors (Lipinski definition) is 6. The number of amides is 1. The molecular weight excluding hydrogens is 417 g/mol. The van der Waals surface area contributed by atoms with Crippen LogP contribution in [-0.2, 0) is 19.1 Å². The molecule has 0 saturated carbocycles. The highest BCUT2D eigenvalue weighted by molar-refractivity contribution is 5.95. The van der Waals surface area contributed by atoms with Gasteiger partial charge in [-0.15, -0.1) is 0 Å². The molecular formula is C23H22FN3O5. The number of aromatic nitrogens is 2. The molecule has 3 rings (SSSR count). The van der Waals surface area contributed by atoms with E-state index >= 15 is 0 Å². The smallest absolute Gasteiger partial charge is 0.358 e. The van der Waals surface area contributed by atoms with Crippen molar-refractivity contribution in [3.63, 3.8) is 0 Å². The summed E-state index contributed by atoms with van der Waals surface area (Å²) in [6, 6.07) is 14.1. The van der Waals surface area contributed by atoms with Crippen molar-refractivity contribution in [1.82, 2.24) is 9.78 Å². The number of carbonyl (C=O) groups excluding carboxylic acids is 3. The number of carbonyl (C=O) groups is 3. The van der Waals surface area contributed by atoms with Crippen LogP contribution in [0.15, 0.2) is 54.6 Å². The second-order valence-corrected chi connectivity index (χ2v) is 6.85. The fraction of sp³-hybridized carbons (Fsp3) is 0.217. The number of rotatable bonds is 7. The Morgan fingerprint density at radius 1 is 1.12 bits per heavy atom. The van der Waals surface area contributed by atoms with E-state index in [0.717, 1.165) is 0 Å². The van der Waals surface area contributed by atoms with Gasteiger partial charge in [0.05, 0.1) is 18.0 Å². The Balaban J connectivity index is 1.98. The first-order chi connectivity index (χ1) is 15.3. The molecule has 0 aliphatic carbocycles. The zero-order valence-electron chi connectivity index (χ0n) is 17.8. The third-order valence-electron chi connectivity index (χ3n) is 4.40. The number of hydrogen-bond donors (Lipinski definition) is 1. The van der Waals surface area contributed by atoms with Gasteiger partial charge in [0.15, 0.2) is 11.8 Å². The van der Waals surface area contributed by atoms with Crippen molar-refractivity contribution in [2.45, 2.75) is 26.9 Å². The molecule has 1 N–H and O–H groups in total. The summed E-state index contributed by atoms with van der Waals surface area (Å²) in [5.74, 6) is -2.04. The van der Waals surface area contributed by atoms with E-state index in [9.17, 15) is 18.8 Å². The Kier molecular flexibility index (Phi) is 6.99.